The van der Waals surface area contributed by atoms with Gasteiger partial charge in [-0.3, -0.25) is 4.79 Å². The second-order valence-corrected chi connectivity index (χ2v) is 7.93. The van der Waals surface area contributed by atoms with Crippen LogP contribution in [0.4, 0.5) is 5.69 Å². The van der Waals surface area contributed by atoms with Crippen LogP contribution in [0, 0.1) is 6.92 Å². The number of carbonyl (C=O) groups excluding carboxylic acids is 1. The van der Waals surface area contributed by atoms with Crippen molar-refractivity contribution in [3.05, 3.63) is 75.3 Å². The van der Waals surface area contributed by atoms with Crippen molar-refractivity contribution >= 4 is 45.8 Å². The molecule has 4 aromatic rings. The summed E-state index contributed by atoms with van der Waals surface area (Å²) in [6.07, 6.45) is 0.972. The molecule has 0 saturated carbocycles. The Hall–Kier alpha value is -3.09. The number of ether oxygens (including phenoxy) is 1. The fourth-order valence-corrected chi connectivity index (χ4v) is 3.88. The lowest BCUT2D eigenvalue weighted by molar-refractivity contribution is 0.102. The number of carbonyl (C=O) groups is 1. The monoisotopic (exact) mass is 454 g/mol. The second-order valence-electron chi connectivity index (χ2n) is 7.09. The van der Waals surface area contributed by atoms with Gasteiger partial charge in [0, 0.05) is 10.7 Å². The third-order valence-electron chi connectivity index (χ3n) is 5.01. The van der Waals surface area contributed by atoms with Crippen LogP contribution >= 0.6 is 23.2 Å². The molecule has 4 rings (SSSR count). The highest BCUT2D eigenvalue weighted by atomic mass is 35.5. The molecule has 1 amide bonds. The Balaban J connectivity index is 1.67. The molecule has 0 atom stereocenters. The summed E-state index contributed by atoms with van der Waals surface area (Å²) in [6, 6.07) is 14.8. The Labute approximate surface area is 189 Å². The maximum Gasteiger partial charge on any atom is 0.259 e. The van der Waals surface area contributed by atoms with Crippen molar-refractivity contribution in [2.24, 2.45) is 0 Å². The van der Waals surface area contributed by atoms with Gasteiger partial charge < -0.3 is 10.1 Å². The molecule has 0 aliphatic carbocycles. The van der Waals surface area contributed by atoms with Crippen LogP contribution in [0.2, 0.25) is 10.0 Å². The zero-order valence-electron chi connectivity index (χ0n) is 17.2. The van der Waals surface area contributed by atoms with Crippen molar-refractivity contribution in [1.82, 2.24) is 15.0 Å². The average Bonchev–Trinajstić information content (AvgIpc) is 3.16. The van der Waals surface area contributed by atoms with Crippen LogP contribution in [0.3, 0.4) is 0 Å². The smallest absolute Gasteiger partial charge is 0.259 e. The van der Waals surface area contributed by atoms with E-state index in [9.17, 15) is 4.79 Å². The van der Waals surface area contributed by atoms with Gasteiger partial charge in [0.2, 0.25) is 0 Å². The summed E-state index contributed by atoms with van der Waals surface area (Å²) in [7, 11) is 1.45. The van der Waals surface area contributed by atoms with E-state index in [1.54, 1.807) is 10.9 Å². The zero-order valence-corrected chi connectivity index (χ0v) is 18.8. The van der Waals surface area contributed by atoms with Gasteiger partial charge in [-0.05, 0) is 60.9 Å². The molecule has 0 aliphatic rings. The molecule has 8 heteroatoms. The third kappa shape index (κ3) is 4.22. The molecular formula is C23H20Cl2N4O2. The van der Waals surface area contributed by atoms with E-state index in [0.29, 0.717) is 16.2 Å². The van der Waals surface area contributed by atoms with Gasteiger partial charge in [0.25, 0.3) is 5.91 Å². The molecule has 0 bridgehead atoms. The van der Waals surface area contributed by atoms with Crippen LogP contribution in [0.1, 0.15) is 28.4 Å². The number of hydrogen-bond donors (Lipinski definition) is 1. The van der Waals surface area contributed by atoms with Gasteiger partial charge in [-0.2, -0.15) is 4.80 Å². The standard InChI is InChI=1S/C23H20Cl2N4O2/c1-4-14-5-7-16(8-6-14)29-27-20-9-13(2)19(12-21(20)28-29)26-23(30)17-10-15(24)11-18(25)22(17)31-3/h5-12H,4H2,1-3H3,(H,26,30). The minimum atomic E-state index is -0.383. The van der Waals surface area contributed by atoms with Gasteiger partial charge in [0.15, 0.2) is 0 Å². The van der Waals surface area contributed by atoms with Gasteiger partial charge in [0.05, 0.1) is 23.4 Å². The molecular weight excluding hydrogens is 435 g/mol. The van der Waals surface area contributed by atoms with Crippen molar-refractivity contribution in [2.45, 2.75) is 20.3 Å². The average molecular weight is 455 g/mol. The lowest BCUT2D eigenvalue weighted by Crippen LogP contribution is -2.14. The highest BCUT2D eigenvalue weighted by molar-refractivity contribution is 6.36. The fourth-order valence-electron chi connectivity index (χ4n) is 3.31. The van der Waals surface area contributed by atoms with Crippen molar-refractivity contribution < 1.29 is 9.53 Å². The van der Waals surface area contributed by atoms with Gasteiger partial charge >= 0.3 is 0 Å². The highest BCUT2D eigenvalue weighted by Gasteiger charge is 2.18. The molecule has 158 valence electrons. The number of anilines is 1. The van der Waals surface area contributed by atoms with Crippen molar-refractivity contribution in [3.8, 4) is 11.4 Å². The van der Waals surface area contributed by atoms with Gasteiger partial charge in [0.1, 0.15) is 16.8 Å². The van der Waals surface area contributed by atoms with Gasteiger partial charge in [-0.1, -0.05) is 42.3 Å². The Morgan fingerprint density at radius 1 is 1.06 bits per heavy atom. The molecule has 31 heavy (non-hydrogen) atoms. The van der Waals surface area contributed by atoms with Crippen LogP contribution < -0.4 is 10.1 Å². The van der Waals surface area contributed by atoms with Gasteiger partial charge in [-0.15, -0.1) is 10.2 Å². The number of benzene rings is 3. The van der Waals surface area contributed by atoms with E-state index in [-0.39, 0.29) is 22.2 Å². The van der Waals surface area contributed by atoms with E-state index in [4.69, 9.17) is 27.9 Å². The van der Waals surface area contributed by atoms with E-state index in [2.05, 4.69) is 34.6 Å². The Morgan fingerprint density at radius 3 is 2.39 bits per heavy atom. The first-order valence-corrected chi connectivity index (χ1v) is 10.5. The molecule has 1 N–H and O–H groups in total. The molecule has 0 fully saturated rings. The number of nitrogens with one attached hydrogen (secondary N) is 1. The van der Waals surface area contributed by atoms with Gasteiger partial charge in [-0.25, -0.2) is 0 Å². The topological polar surface area (TPSA) is 69.0 Å². The van der Waals surface area contributed by atoms with Crippen molar-refractivity contribution in [3.63, 3.8) is 0 Å². The van der Waals surface area contributed by atoms with Crippen LogP contribution in [0.15, 0.2) is 48.5 Å². The lowest BCUT2D eigenvalue weighted by Gasteiger charge is -2.12. The number of rotatable bonds is 5. The largest absolute Gasteiger partial charge is 0.494 e. The van der Waals surface area contributed by atoms with E-state index in [0.717, 1.165) is 23.2 Å². The molecule has 0 radical (unpaired) electrons. The minimum absolute atomic E-state index is 0.249. The van der Waals surface area contributed by atoms with Crippen LogP contribution in [0.25, 0.3) is 16.7 Å². The van der Waals surface area contributed by atoms with Crippen molar-refractivity contribution in [1.29, 1.82) is 0 Å². The number of fused-ring (bicyclic) bond motifs is 1. The summed E-state index contributed by atoms with van der Waals surface area (Å²) in [5, 5.41) is 12.6. The Morgan fingerprint density at radius 2 is 1.74 bits per heavy atom. The molecule has 0 unspecified atom stereocenters. The van der Waals surface area contributed by atoms with Crippen LogP contribution in [-0.4, -0.2) is 28.0 Å². The number of aromatic nitrogens is 3. The first-order chi connectivity index (χ1) is 14.9. The Kier molecular flexibility index (Phi) is 5.85. The summed E-state index contributed by atoms with van der Waals surface area (Å²) < 4.78 is 5.28. The second kappa shape index (κ2) is 8.57. The summed E-state index contributed by atoms with van der Waals surface area (Å²) >= 11 is 12.2. The summed E-state index contributed by atoms with van der Waals surface area (Å²) in [6.45, 7) is 4.01. The number of halogens is 2. The molecule has 3 aromatic carbocycles. The number of aryl methyl sites for hydroxylation is 2. The first kappa shape index (κ1) is 21.2. The molecule has 6 nitrogen and oxygen atoms in total. The Bertz CT molecular complexity index is 1280. The predicted molar refractivity (Wildman–Crippen MR) is 124 cm³/mol. The fraction of sp³-hybridized carbons (Fsp3) is 0.174. The van der Waals surface area contributed by atoms with Crippen LogP contribution in [-0.2, 0) is 6.42 Å². The summed E-state index contributed by atoms with van der Waals surface area (Å²) in [5.74, 6) is -0.116. The molecule has 0 spiro atoms. The maximum absolute atomic E-state index is 12.9. The third-order valence-corrected chi connectivity index (χ3v) is 5.51. The molecule has 1 aromatic heterocycles. The quantitative estimate of drug-likeness (QED) is 0.409. The minimum Gasteiger partial charge on any atom is -0.494 e. The highest BCUT2D eigenvalue weighted by Crippen LogP contribution is 2.33. The molecule has 1 heterocycles. The zero-order chi connectivity index (χ0) is 22.1. The normalized spacial score (nSPS) is 11.0. The predicted octanol–water partition coefficient (Wildman–Crippen LogP) is 5.86. The summed E-state index contributed by atoms with van der Waals surface area (Å²) in [5.41, 5.74) is 5.23. The number of amides is 1. The number of methoxy groups -OCH3 is 1. The number of hydrogen-bond acceptors (Lipinski definition) is 4. The van der Waals surface area contributed by atoms with E-state index in [1.165, 1.54) is 24.8 Å². The van der Waals surface area contributed by atoms with E-state index in [1.807, 2.05) is 25.1 Å². The van der Waals surface area contributed by atoms with Crippen LogP contribution in [0.5, 0.6) is 5.75 Å². The molecule has 0 saturated heterocycles. The maximum atomic E-state index is 12.9. The summed E-state index contributed by atoms with van der Waals surface area (Å²) in [4.78, 5) is 14.5. The van der Waals surface area contributed by atoms with Crippen molar-refractivity contribution in [2.75, 3.05) is 12.4 Å². The van der Waals surface area contributed by atoms with E-state index >= 15 is 0 Å². The van der Waals surface area contributed by atoms with E-state index < -0.39 is 0 Å². The SMILES string of the molecule is CCc1ccc(-n2nc3cc(C)c(NC(=O)c4cc(Cl)cc(Cl)c4OC)cc3n2)cc1. The molecule has 0 aliphatic heterocycles. The number of nitrogens with zero attached hydrogens (tertiary/aromatic N) is 3. The lowest BCUT2D eigenvalue weighted by atomic mass is 10.1. The first-order valence-electron chi connectivity index (χ1n) is 9.71.